The van der Waals surface area contributed by atoms with E-state index in [9.17, 15) is 9.59 Å². The number of carbonyl (C=O) groups is 2. The molecule has 0 bridgehead atoms. The number of benzene rings is 2. The standard InChI is InChI=1S/C20H20N2O3/c1-3-18(16-9-5-4-6-10-16)20(24)25-14(2)19(23)22-17-11-7-8-15(12-17)13-21/h4-12,14,18H,3H2,1-2H3,(H,22,23)/t14-,18-/m0/s1. The molecule has 0 fully saturated rings. The summed E-state index contributed by atoms with van der Waals surface area (Å²) in [5.74, 6) is -1.27. The maximum absolute atomic E-state index is 12.4. The Hall–Kier alpha value is -3.13. The molecule has 0 unspecified atom stereocenters. The van der Waals surface area contributed by atoms with Crippen LogP contribution in [0.4, 0.5) is 5.69 Å². The summed E-state index contributed by atoms with van der Waals surface area (Å²) in [6.45, 7) is 3.43. The van der Waals surface area contributed by atoms with Crippen LogP contribution in [0.3, 0.4) is 0 Å². The highest BCUT2D eigenvalue weighted by Crippen LogP contribution is 2.21. The van der Waals surface area contributed by atoms with Gasteiger partial charge in [-0.3, -0.25) is 9.59 Å². The third-order valence-corrected chi connectivity index (χ3v) is 3.82. The number of rotatable bonds is 6. The third-order valence-electron chi connectivity index (χ3n) is 3.82. The van der Waals surface area contributed by atoms with Gasteiger partial charge in [-0.15, -0.1) is 0 Å². The van der Waals surface area contributed by atoms with Crippen molar-refractivity contribution in [2.45, 2.75) is 32.3 Å². The number of hydrogen-bond donors (Lipinski definition) is 1. The first kappa shape index (κ1) is 18.2. The van der Waals surface area contributed by atoms with E-state index in [-0.39, 0.29) is 0 Å². The van der Waals surface area contributed by atoms with Crippen LogP contribution in [-0.4, -0.2) is 18.0 Å². The number of nitriles is 1. The molecule has 0 saturated heterocycles. The SMILES string of the molecule is CC[C@H](C(=O)O[C@@H](C)C(=O)Nc1cccc(C#N)c1)c1ccccc1. The molecule has 0 radical (unpaired) electrons. The second kappa shape index (κ2) is 8.65. The van der Waals surface area contributed by atoms with Crippen molar-refractivity contribution in [3.63, 3.8) is 0 Å². The normalized spacial score (nSPS) is 12.5. The number of ether oxygens (including phenoxy) is 1. The van der Waals surface area contributed by atoms with Gasteiger partial charge < -0.3 is 10.1 Å². The molecule has 128 valence electrons. The van der Waals surface area contributed by atoms with Crippen LogP contribution in [0.1, 0.15) is 37.3 Å². The van der Waals surface area contributed by atoms with E-state index < -0.39 is 23.9 Å². The second-order valence-corrected chi connectivity index (χ2v) is 5.63. The van der Waals surface area contributed by atoms with Crippen LogP contribution in [0.25, 0.3) is 0 Å². The van der Waals surface area contributed by atoms with E-state index in [1.165, 1.54) is 6.92 Å². The van der Waals surface area contributed by atoms with Gasteiger partial charge in [0.1, 0.15) is 0 Å². The van der Waals surface area contributed by atoms with E-state index in [1.54, 1.807) is 24.3 Å². The number of esters is 1. The number of hydrogen-bond acceptors (Lipinski definition) is 4. The zero-order chi connectivity index (χ0) is 18.2. The summed E-state index contributed by atoms with van der Waals surface area (Å²) in [4.78, 5) is 24.6. The van der Waals surface area contributed by atoms with Gasteiger partial charge in [-0.2, -0.15) is 5.26 Å². The van der Waals surface area contributed by atoms with Gasteiger partial charge in [0, 0.05) is 5.69 Å². The van der Waals surface area contributed by atoms with Gasteiger partial charge in [-0.05, 0) is 37.1 Å². The summed E-state index contributed by atoms with van der Waals surface area (Å²) in [6, 6.07) is 17.9. The van der Waals surface area contributed by atoms with Gasteiger partial charge in [0.15, 0.2) is 6.10 Å². The molecular formula is C20H20N2O3. The number of anilines is 1. The van der Waals surface area contributed by atoms with Gasteiger partial charge in [-0.1, -0.05) is 43.3 Å². The van der Waals surface area contributed by atoms with Crippen LogP contribution in [0.5, 0.6) is 0 Å². The summed E-state index contributed by atoms with van der Waals surface area (Å²) in [5, 5.41) is 11.5. The lowest BCUT2D eigenvalue weighted by Gasteiger charge is -2.18. The molecule has 25 heavy (non-hydrogen) atoms. The van der Waals surface area contributed by atoms with Gasteiger partial charge in [0.25, 0.3) is 5.91 Å². The van der Waals surface area contributed by atoms with Crippen LogP contribution < -0.4 is 5.32 Å². The van der Waals surface area contributed by atoms with E-state index in [4.69, 9.17) is 10.00 Å². The Morgan fingerprint density at radius 2 is 1.88 bits per heavy atom. The maximum Gasteiger partial charge on any atom is 0.314 e. The number of nitrogens with one attached hydrogen (secondary N) is 1. The number of amides is 1. The van der Waals surface area contributed by atoms with E-state index in [0.717, 1.165) is 5.56 Å². The molecule has 0 spiro atoms. The fourth-order valence-corrected chi connectivity index (χ4v) is 2.44. The number of nitrogens with zero attached hydrogens (tertiary/aromatic N) is 1. The lowest BCUT2D eigenvalue weighted by molar-refractivity contribution is -0.154. The molecular weight excluding hydrogens is 316 g/mol. The first-order valence-electron chi connectivity index (χ1n) is 8.11. The van der Waals surface area contributed by atoms with E-state index in [1.807, 2.05) is 43.3 Å². The smallest absolute Gasteiger partial charge is 0.314 e. The highest BCUT2D eigenvalue weighted by atomic mass is 16.5. The van der Waals surface area contributed by atoms with Gasteiger partial charge in [-0.25, -0.2) is 0 Å². The van der Waals surface area contributed by atoms with Gasteiger partial charge >= 0.3 is 5.97 Å². The van der Waals surface area contributed by atoms with Crippen LogP contribution in [-0.2, 0) is 14.3 Å². The fraction of sp³-hybridized carbons (Fsp3) is 0.250. The molecule has 5 nitrogen and oxygen atoms in total. The minimum absolute atomic E-state index is 0.404. The monoisotopic (exact) mass is 336 g/mol. The molecule has 5 heteroatoms. The topological polar surface area (TPSA) is 79.2 Å². The quantitative estimate of drug-likeness (QED) is 0.817. The zero-order valence-corrected chi connectivity index (χ0v) is 14.2. The molecule has 0 aromatic heterocycles. The molecule has 0 heterocycles. The van der Waals surface area contributed by atoms with Crippen LogP contribution >= 0.6 is 0 Å². The largest absolute Gasteiger partial charge is 0.452 e. The molecule has 1 amide bonds. The molecule has 1 N–H and O–H groups in total. The Morgan fingerprint density at radius 3 is 2.52 bits per heavy atom. The summed E-state index contributed by atoms with van der Waals surface area (Å²) in [7, 11) is 0. The van der Waals surface area contributed by atoms with E-state index >= 15 is 0 Å². The molecule has 2 atom stereocenters. The summed E-state index contributed by atoms with van der Waals surface area (Å²) in [5.41, 5.74) is 1.80. The average Bonchev–Trinajstić information content (AvgIpc) is 2.63. The van der Waals surface area contributed by atoms with Crippen LogP contribution in [0, 0.1) is 11.3 Å². The second-order valence-electron chi connectivity index (χ2n) is 5.63. The highest BCUT2D eigenvalue weighted by Gasteiger charge is 2.25. The Labute approximate surface area is 147 Å². The van der Waals surface area contributed by atoms with Crippen molar-refractivity contribution >= 4 is 17.6 Å². The minimum atomic E-state index is -0.934. The van der Waals surface area contributed by atoms with Crippen molar-refractivity contribution in [2.75, 3.05) is 5.32 Å². The predicted octanol–water partition coefficient (Wildman–Crippen LogP) is 3.62. The van der Waals surface area contributed by atoms with Gasteiger partial charge in [0.05, 0.1) is 17.6 Å². The van der Waals surface area contributed by atoms with E-state index in [2.05, 4.69) is 5.32 Å². The zero-order valence-electron chi connectivity index (χ0n) is 14.2. The van der Waals surface area contributed by atoms with Gasteiger partial charge in [0.2, 0.25) is 0 Å². The van der Waals surface area contributed by atoms with Crippen molar-refractivity contribution in [2.24, 2.45) is 0 Å². The van der Waals surface area contributed by atoms with Crippen LogP contribution in [0.2, 0.25) is 0 Å². The Bertz CT molecular complexity index is 781. The molecule has 2 aromatic rings. The molecule has 0 aliphatic heterocycles. The fourth-order valence-electron chi connectivity index (χ4n) is 2.44. The molecule has 0 saturated carbocycles. The van der Waals surface area contributed by atoms with Crippen molar-refractivity contribution < 1.29 is 14.3 Å². The Kier molecular flexibility index (Phi) is 6.30. The predicted molar refractivity (Wildman–Crippen MR) is 94.8 cm³/mol. The molecule has 2 rings (SSSR count). The van der Waals surface area contributed by atoms with Crippen molar-refractivity contribution in [3.8, 4) is 6.07 Å². The Morgan fingerprint density at radius 1 is 1.16 bits per heavy atom. The molecule has 0 aliphatic rings. The minimum Gasteiger partial charge on any atom is -0.452 e. The van der Waals surface area contributed by atoms with Crippen LogP contribution in [0.15, 0.2) is 54.6 Å². The third kappa shape index (κ3) is 4.92. The number of carbonyl (C=O) groups excluding carboxylic acids is 2. The maximum atomic E-state index is 12.4. The Balaban J connectivity index is 2.00. The summed E-state index contributed by atoms with van der Waals surface area (Å²) < 4.78 is 5.33. The highest BCUT2D eigenvalue weighted by molar-refractivity contribution is 5.95. The lowest BCUT2D eigenvalue weighted by Crippen LogP contribution is -2.31. The summed E-state index contributed by atoms with van der Waals surface area (Å²) >= 11 is 0. The first-order chi connectivity index (χ1) is 12.0. The first-order valence-corrected chi connectivity index (χ1v) is 8.11. The molecule has 0 aliphatic carbocycles. The lowest BCUT2D eigenvalue weighted by atomic mass is 9.97. The summed E-state index contributed by atoms with van der Waals surface area (Å²) in [6.07, 6.45) is -0.350. The van der Waals surface area contributed by atoms with Crippen molar-refractivity contribution in [1.82, 2.24) is 0 Å². The molecule has 2 aromatic carbocycles. The van der Waals surface area contributed by atoms with Crippen molar-refractivity contribution in [1.29, 1.82) is 5.26 Å². The van der Waals surface area contributed by atoms with Crippen molar-refractivity contribution in [3.05, 3.63) is 65.7 Å². The van der Waals surface area contributed by atoms with E-state index in [0.29, 0.717) is 17.7 Å². The average molecular weight is 336 g/mol.